The van der Waals surface area contributed by atoms with Crippen molar-refractivity contribution in [1.29, 1.82) is 0 Å². The van der Waals surface area contributed by atoms with Gasteiger partial charge in [-0.15, -0.1) is 10.2 Å². The lowest BCUT2D eigenvalue weighted by atomic mass is 10.2. The predicted octanol–water partition coefficient (Wildman–Crippen LogP) is 3.94. The molecule has 2 heterocycles. The quantitative estimate of drug-likeness (QED) is 0.562. The summed E-state index contributed by atoms with van der Waals surface area (Å²) in [5, 5.41) is 14.3. The van der Waals surface area contributed by atoms with Crippen molar-refractivity contribution in [3.05, 3.63) is 53.6 Å². The fourth-order valence-corrected chi connectivity index (χ4v) is 2.62. The lowest BCUT2D eigenvalue weighted by molar-refractivity contribution is 0.580. The standard InChI is InChI=1S/C16H11ClN4O/c1-21-13-8-3-2-7-12(13)14(20-21)16-19-18-15(22-16)10-5-4-6-11(17)9-10/h2-9H,1H3. The maximum absolute atomic E-state index is 5.99. The zero-order valence-electron chi connectivity index (χ0n) is 11.7. The molecule has 0 radical (unpaired) electrons. The van der Waals surface area contributed by atoms with E-state index in [1.807, 2.05) is 43.4 Å². The van der Waals surface area contributed by atoms with Crippen molar-refractivity contribution < 1.29 is 4.42 Å². The molecule has 2 aromatic heterocycles. The summed E-state index contributed by atoms with van der Waals surface area (Å²) in [6.45, 7) is 0. The van der Waals surface area contributed by atoms with E-state index in [9.17, 15) is 0 Å². The monoisotopic (exact) mass is 310 g/mol. The molecule has 4 rings (SSSR count). The maximum atomic E-state index is 5.99. The number of rotatable bonds is 2. The van der Waals surface area contributed by atoms with Gasteiger partial charge in [-0.25, -0.2) is 0 Å². The van der Waals surface area contributed by atoms with Crippen LogP contribution >= 0.6 is 11.6 Å². The molecule has 0 aliphatic rings. The number of hydrogen-bond acceptors (Lipinski definition) is 4. The summed E-state index contributed by atoms with van der Waals surface area (Å²) >= 11 is 5.99. The topological polar surface area (TPSA) is 56.7 Å². The second-order valence-electron chi connectivity index (χ2n) is 4.91. The van der Waals surface area contributed by atoms with Gasteiger partial charge in [0.1, 0.15) is 0 Å². The summed E-state index contributed by atoms with van der Waals surface area (Å²) in [6, 6.07) is 15.2. The van der Waals surface area contributed by atoms with Crippen LogP contribution in [0.5, 0.6) is 0 Å². The number of hydrogen-bond donors (Lipinski definition) is 0. The summed E-state index contributed by atoms with van der Waals surface area (Å²) in [4.78, 5) is 0. The van der Waals surface area contributed by atoms with Crippen LogP contribution in [0.4, 0.5) is 0 Å². The molecule has 0 unspecified atom stereocenters. The van der Waals surface area contributed by atoms with Crippen LogP contribution < -0.4 is 0 Å². The molecule has 0 N–H and O–H groups in total. The van der Waals surface area contributed by atoms with Crippen molar-refractivity contribution in [1.82, 2.24) is 20.0 Å². The van der Waals surface area contributed by atoms with E-state index in [-0.39, 0.29) is 0 Å². The minimum Gasteiger partial charge on any atom is -0.415 e. The van der Waals surface area contributed by atoms with Gasteiger partial charge in [0.05, 0.1) is 5.52 Å². The predicted molar refractivity (Wildman–Crippen MR) is 84.5 cm³/mol. The lowest BCUT2D eigenvalue weighted by Gasteiger charge is -1.94. The number of para-hydroxylation sites is 1. The third-order valence-corrected chi connectivity index (χ3v) is 3.69. The summed E-state index contributed by atoms with van der Waals surface area (Å²) in [6.07, 6.45) is 0. The van der Waals surface area contributed by atoms with Gasteiger partial charge in [0.25, 0.3) is 5.89 Å². The van der Waals surface area contributed by atoms with Crippen molar-refractivity contribution in [3.8, 4) is 23.0 Å². The molecule has 5 nitrogen and oxygen atoms in total. The van der Waals surface area contributed by atoms with Gasteiger partial charge < -0.3 is 4.42 Å². The fourth-order valence-electron chi connectivity index (χ4n) is 2.43. The SMILES string of the molecule is Cn1nc(-c2nnc(-c3cccc(Cl)c3)o2)c2ccccc21. The van der Waals surface area contributed by atoms with Crippen LogP contribution in [0.15, 0.2) is 52.9 Å². The van der Waals surface area contributed by atoms with E-state index in [0.29, 0.717) is 22.5 Å². The Morgan fingerprint density at radius 2 is 1.82 bits per heavy atom. The summed E-state index contributed by atoms with van der Waals surface area (Å²) in [5.74, 6) is 0.819. The zero-order valence-corrected chi connectivity index (χ0v) is 12.4. The van der Waals surface area contributed by atoms with E-state index >= 15 is 0 Å². The Kier molecular flexibility index (Phi) is 2.94. The van der Waals surface area contributed by atoms with Gasteiger partial charge in [-0.2, -0.15) is 5.10 Å². The van der Waals surface area contributed by atoms with Crippen molar-refractivity contribution in [2.75, 3.05) is 0 Å². The van der Waals surface area contributed by atoms with Crippen LogP contribution in [0.25, 0.3) is 33.9 Å². The van der Waals surface area contributed by atoms with Crippen molar-refractivity contribution in [2.45, 2.75) is 0 Å². The van der Waals surface area contributed by atoms with Crippen LogP contribution in [0, 0.1) is 0 Å². The number of benzene rings is 2. The molecule has 108 valence electrons. The Morgan fingerprint density at radius 3 is 2.68 bits per heavy atom. The number of aryl methyl sites for hydroxylation is 1. The Hall–Kier alpha value is -2.66. The molecular formula is C16H11ClN4O. The first kappa shape index (κ1) is 13.0. The van der Waals surface area contributed by atoms with Crippen molar-refractivity contribution in [3.63, 3.8) is 0 Å². The molecule has 0 aliphatic carbocycles. The van der Waals surface area contributed by atoms with Gasteiger partial charge in [-0.05, 0) is 24.3 Å². The Bertz CT molecular complexity index is 973. The second-order valence-corrected chi connectivity index (χ2v) is 5.35. The zero-order chi connectivity index (χ0) is 15.1. The lowest BCUT2D eigenvalue weighted by Crippen LogP contribution is -1.89. The van der Waals surface area contributed by atoms with Crippen molar-refractivity contribution >= 4 is 22.5 Å². The molecule has 6 heteroatoms. The second kappa shape index (κ2) is 4.96. The number of fused-ring (bicyclic) bond motifs is 1. The molecule has 0 saturated heterocycles. The van der Waals surface area contributed by atoms with E-state index in [4.69, 9.17) is 16.0 Å². The van der Waals surface area contributed by atoms with Gasteiger partial charge in [0.2, 0.25) is 5.89 Å². The van der Waals surface area contributed by atoms with Crippen LogP contribution in [-0.4, -0.2) is 20.0 Å². The maximum Gasteiger partial charge on any atom is 0.269 e. The van der Waals surface area contributed by atoms with Crippen molar-refractivity contribution in [2.24, 2.45) is 7.05 Å². The van der Waals surface area contributed by atoms with E-state index in [1.54, 1.807) is 16.8 Å². The van der Waals surface area contributed by atoms with E-state index in [2.05, 4.69) is 15.3 Å². The van der Waals surface area contributed by atoms with Gasteiger partial charge in [0, 0.05) is 23.0 Å². The third-order valence-electron chi connectivity index (χ3n) is 3.46. The van der Waals surface area contributed by atoms with Gasteiger partial charge >= 0.3 is 0 Å². The molecule has 0 saturated carbocycles. The number of aromatic nitrogens is 4. The number of halogens is 1. The first-order valence-corrected chi connectivity index (χ1v) is 7.12. The molecule has 0 aliphatic heterocycles. The first-order valence-electron chi connectivity index (χ1n) is 6.74. The average Bonchev–Trinajstić information content (AvgIpc) is 3.13. The molecule has 0 spiro atoms. The highest BCUT2D eigenvalue weighted by atomic mass is 35.5. The molecular weight excluding hydrogens is 300 g/mol. The first-order chi connectivity index (χ1) is 10.7. The van der Waals surface area contributed by atoms with Gasteiger partial charge in [-0.3, -0.25) is 4.68 Å². The average molecular weight is 311 g/mol. The molecule has 0 atom stereocenters. The van der Waals surface area contributed by atoms with Crippen LogP contribution in [0.3, 0.4) is 0 Å². The minimum absolute atomic E-state index is 0.395. The Labute approximate surface area is 131 Å². The van der Waals surface area contributed by atoms with E-state index in [0.717, 1.165) is 16.5 Å². The van der Waals surface area contributed by atoms with Gasteiger partial charge in [0.15, 0.2) is 5.69 Å². The number of nitrogens with zero attached hydrogens (tertiary/aromatic N) is 4. The smallest absolute Gasteiger partial charge is 0.269 e. The van der Waals surface area contributed by atoms with E-state index < -0.39 is 0 Å². The van der Waals surface area contributed by atoms with Crippen LogP contribution in [0.1, 0.15) is 0 Å². The molecule has 0 fully saturated rings. The third kappa shape index (κ3) is 2.07. The van der Waals surface area contributed by atoms with Crippen LogP contribution in [-0.2, 0) is 7.05 Å². The molecule has 4 aromatic rings. The highest BCUT2D eigenvalue weighted by Gasteiger charge is 2.17. The van der Waals surface area contributed by atoms with E-state index in [1.165, 1.54) is 0 Å². The normalized spacial score (nSPS) is 11.2. The highest BCUT2D eigenvalue weighted by molar-refractivity contribution is 6.30. The largest absolute Gasteiger partial charge is 0.415 e. The molecule has 0 bridgehead atoms. The highest BCUT2D eigenvalue weighted by Crippen LogP contribution is 2.29. The Balaban J connectivity index is 1.84. The summed E-state index contributed by atoms with van der Waals surface area (Å²) in [5.41, 5.74) is 2.48. The fraction of sp³-hybridized carbons (Fsp3) is 0.0625. The summed E-state index contributed by atoms with van der Waals surface area (Å²) in [7, 11) is 1.89. The van der Waals surface area contributed by atoms with Gasteiger partial charge in [-0.1, -0.05) is 35.9 Å². The summed E-state index contributed by atoms with van der Waals surface area (Å²) < 4.78 is 7.58. The molecule has 22 heavy (non-hydrogen) atoms. The molecule has 0 amide bonds. The minimum atomic E-state index is 0.395. The Morgan fingerprint density at radius 1 is 1.00 bits per heavy atom. The molecule has 2 aromatic carbocycles. The van der Waals surface area contributed by atoms with Crippen LogP contribution in [0.2, 0.25) is 5.02 Å².